The molecule has 0 aliphatic carbocycles. The molecule has 0 aliphatic rings. The summed E-state index contributed by atoms with van der Waals surface area (Å²) in [6.45, 7) is 0. The number of pyridine rings is 1. The Morgan fingerprint density at radius 2 is 1.48 bits per heavy atom. The number of halogens is 1. The van der Waals surface area contributed by atoms with Crippen LogP contribution in [0.3, 0.4) is 0 Å². The SMILES string of the molecule is O=[N+]([O-])c1ccc2c(Cl)c3cc([N+](=O)[O-])ccc3nc2c1. The highest BCUT2D eigenvalue weighted by atomic mass is 35.5. The van der Waals surface area contributed by atoms with E-state index in [4.69, 9.17) is 11.6 Å². The molecule has 0 radical (unpaired) electrons. The van der Waals surface area contributed by atoms with Gasteiger partial charge in [-0.2, -0.15) is 0 Å². The number of aromatic nitrogens is 1. The number of benzene rings is 2. The summed E-state index contributed by atoms with van der Waals surface area (Å²) in [6.07, 6.45) is 0. The lowest BCUT2D eigenvalue weighted by Gasteiger charge is -2.05. The topological polar surface area (TPSA) is 99.2 Å². The molecule has 0 amide bonds. The summed E-state index contributed by atoms with van der Waals surface area (Å²) in [5.74, 6) is 0. The van der Waals surface area contributed by atoms with Crippen LogP contribution in [0.4, 0.5) is 11.4 Å². The molecule has 0 saturated carbocycles. The van der Waals surface area contributed by atoms with Crippen LogP contribution in [0.5, 0.6) is 0 Å². The number of nitrogens with zero attached hydrogens (tertiary/aromatic N) is 3. The Balaban J connectivity index is 2.37. The molecule has 21 heavy (non-hydrogen) atoms. The summed E-state index contributed by atoms with van der Waals surface area (Å²) in [7, 11) is 0. The van der Waals surface area contributed by atoms with Gasteiger partial charge in [-0.1, -0.05) is 11.6 Å². The Morgan fingerprint density at radius 3 is 2.14 bits per heavy atom. The van der Waals surface area contributed by atoms with Crippen molar-refractivity contribution in [2.24, 2.45) is 0 Å². The first kappa shape index (κ1) is 13.2. The van der Waals surface area contributed by atoms with Crippen LogP contribution in [-0.4, -0.2) is 14.8 Å². The van der Waals surface area contributed by atoms with Gasteiger partial charge in [-0.25, -0.2) is 4.98 Å². The summed E-state index contributed by atoms with van der Waals surface area (Å²) >= 11 is 6.25. The quantitative estimate of drug-likeness (QED) is 0.406. The van der Waals surface area contributed by atoms with Crippen molar-refractivity contribution in [3.05, 3.63) is 61.6 Å². The van der Waals surface area contributed by atoms with Gasteiger partial charge < -0.3 is 0 Å². The normalized spacial score (nSPS) is 10.9. The zero-order valence-electron chi connectivity index (χ0n) is 10.3. The summed E-state index contributed by atoms with van der Waals surface area (Å²) in [6, 6.07) is 8.25. The van der Waals surface area contributed by atoms with Gasteiger partial charge in [0.2, 0.25) is 0 Å². The summed E-state index contributed by atoms with van der Waals surface area (Å²) in [5, 5.41) is 22.8. The Labute approximate surface area is 122 Å². The predicted molar refractivity (Wildman–Crippen MR) is 77.6 cm³/mol. The molecule has 8 heteroatoms. The van der Waals surface area contributed by atoms with E-state index in [1.165, 1.54) is 36.4 Å². The van der Waals surface area contributed by atoms with Gasteiger partial charge in [-0.15, -0.1) is 0 Å². The number of hydrogen-bond donors (Lipinski definition) is 0. The molecular weight excluding hydrogens is 298 g/mol. The molecule has 0 spiro atoms. The molecule has 1 aromatic heterocycles. The van der Waals surface area contributed by atoms with E-state index in [1.807, 2.05) is 0 Å². The van der Waals surface area contributed by atoms with Gasteiger partial charge in [0.1, 0.15) is 0 Å². The number of nitro benzene ring substituents is 2. The first-order valence-corrected chi connectivity index (χ1v) is 6.17. The van der Waals surface area contributed by atoms with Gasteiger partial charge in [0.25, 0.3) is 11.4 Å². The highest BCUT2D eigenvalue weighted by Crippen LogP contribution is 2.33. The third kappa shape index (κ3) is 2.13. The van der Waals surface area contributed by atoms with Crippen molar-refractivity contribution in [2.45, 2.75) is 0 Å². The zero-order chi connectivity index (χ0) is 15.1. The third-order valence-corrected chi connectivity index (χ3v) is 3.50. The van der Waals surface area contributed by atoms with Crippen molar-refractivity contribution in [2.75, 3.05) is 0 Å². The van der Waals surface area contributed by atoms with Crippen LogP contribution in [0.15, 0.2) is 36.4 Å². The van der Waals surface area contributed by atoms with E-state index in [0.717, 1.165) is 0 Å². The molecule has 0 atom stereocenters. The zero-order valence-corrected chi connectivity index (χ0v) is 11.1. The van der Waals surface area contributed by atoms with Crippen molar-refractivity contribution < 1.29 is 9.85 Å². The van der Waals surface area contributed by atoms with Gasteiger partial charge in [0.15, 0.2) is 0 Å². The van der Waals surface area contributed by atoms with Crippen LogP contribution < -0.4 is 0 Å². The lowest BCUT2D eigenvalue weighted by atomic mass is 10.1. The Kier molecular flexibility index (Phi) is 2.91. The standard InChI is InChI=1S/C13H6ClN3O4/c14-13-9-3-1-8(17(20)21)6-12(9)15-11-4-2-7(16(18)19)5-10(11)13/h1-6H. The average molecular weight is 304 g/mol. The first-order valence-electron chi connectivity index (χ1n) is 5.79. The smallest absolute Gasteiger partial charge is 0.258 e. The molecular formula is C13H6ClN3O4. The van der Waals surface area contributed by atoms with Gasteiger partial charge >= 0.3 is 0 Å². The number of fused-ring (bicyclic) bond motifs is 2. The van der Waals surface area contributed by atoms with Crippen LogP contribution in [0.2, 0.25) is 5.02 Å². The fourth-order valence-corrected chi connectivity index (χ4v) is 2.41. The van der Waals surface area contributed by atoms with Crippen LogP contribution in [-0.2, 0) is 0 Å². The van der Waals surface area contributed by atoms with Gasteiger partial charge in [-0.3, -0.25) is 20.2 Å². The fraction of sp³-hybridized carbons (Fsp3) is 0. The van der Waals surface area contributed by atoms with Crippen molar-refractivity contribution in [1.29, 1.82) is 0 Å². The lowest BCUT2D eigenvalue weighted by molar-refractivity contribution is -0.384. The second-order valence-electron chi connectivity index (χ2n) is 4.34. The van der Waals surface area contributed by atoms with Crippen molar-refractivity contribution in [3.63, 3.8) is 0 Å². The number of non-ortho nitro benzene ring substituents is 2. The lowest BCUT2D eigenvalue weighted by Crippen LogP contribution is -1.92. The molecule has 0 aliphatic heterocycles. The Morgan fingerprint density at radius 1 is 0.857 bits per heavy atom. The predicted octanol–water partition coefficient (Wildman–Crippen LogP) is 3.86. The molecule has 1 heterocycles. The molecule has 3 aromatic rings. The molecule has 0 unspecified atom stereocenters. The molecule has 3 rings (SSSR count). The van der Waals surface area contributed by atoms with Crippen LogP contribution in [0.1, 0.15) is 0 Å². The minimum absolute atomic E-state index is 0.0903. The molecule has 7 nitrogen and oxygen atoms in total. The Hall–Kier alpha value is -2.80. The van der Waals surface area contributed by atoms with Crippen LogP contribution in [0.25, 0.3) is 21.8 Å². The summed E-state index contributed by atoms with van der Waals surface area (Å²) in [5.41, 5.74) is 0.633. The maximum atomic E-state index is 10.8. The van der Waals surface area contributed by atoms with E-state index in [-0.39, 0.29) is 16.4 Å². The first-order chi connectivity index (χ1) is 9.97. The van der Waals surface area contributed by atoms with Gasteiger partial charge in [0.05, 0.1) is 25.9 Å². The van der Waals surface area contributed by atoms with Crippen molar-refractivity contribution >= 4 is 44.8 Å². The molecule has 0 bridgehead atoms. The average Bonchev–Trinajstić information content (AvgIpc) is 2.46. The Bertz CT molecular complexity index is 926. The molecule has 2 aromatic carbocycles. The van der Waals surface area contributed by atoms with E-state index in [2.05, 4.69) is 4.98 Å². The number of rotatable bonds is 2. The third-order valence-electron chi connectivity index (χ3n) is 3.10. The van der Waals surface area contributed by atoms with Crippen molar-refractivity contribution in [3.8, 4) is 0 Å². The second kappa shape index (κ2) is 4.64. The van der Waals surface area contributed by atoms with Gasteiger partial charge in [0, 0.05) is 35.0 Å². The number of hydrogen-bond acceptors (Lipinski definition) is 5. The van der Waals surface area contributed by atoms with E-state index >= 15 is 0 Å². The highest BCUT2D eigenvalue weighted by Gasteiger charge is 2.14. The maximum absolute atomic E-state index is 10.8. The van der Waals surface area contributed by atoms with E-state index < -0.39 is 9.85 Å². The minimum atomic E-state index is -0.519. The fourth-order valence-electron chi connectivity index (χ4n) is 2.10. The number of nitro groups is 2. The van der Waals surface area contributed by atoms with E-state index in [1.54, 1.807) is 0 Å². The minimum Gasteiger partial charge on any atom is -0.258 e. The van der Waals surface area contributed by atoms with E-state index in [9.17, 15) is 20.2 Å². The maximum Gasteiger partial charge on any atom is 0.271 e. The largest absolute Gasteiger partial charge is 0.271 e. The molecule has 0 saturated heterocycles. The second-order valence-corrected chi connectivity index (χ2v) is 4.72. The van der Waals surface area contributed by atoms with Gasteiger partial charge in [-0.05, 0) is 12.1 Å². The van der Waals surface area contributed by atoms with Crippen LogP contribution >= 0.6 is 11.6 Å². The van der Waals surface area contributed by atoms with E-state index in [0.29, 0.717) is 21.8 Å². The van der Waals surface area contributed by atoms with Crippen molar-refractivity contribution in [1.82, 2.24) is 4.98 Å². The summed E-state index contributed by atoms with van der Waals surface area (Å²) < 4.78 is 0. The summed E-state index contributed by atoms with van der Waals surface area (Å²) in [4.78, 5) is 24.8. The molecule has 104 valence electrons. The molecule has 0 N–H and O–H groups in total. The van der Waals surface area contributed by atoms with Crippen LogP contribution in [0, 0.1) is 20.2 Å². The highest BCUT2D eigenvalue weighted by molar-refractivity contribution is 6.40. The monoisotopic (exact) mass is 303 g/mol. The molecule has 0 fully saturated rings.